The van der Waals surface area contributed by atoms with E-state index in [1.54, 1.807) is 0 Å². The molecule has 0 aliphatic carbocycles. The molecule has 27 heavy (non-hydrogen) atoms. The number of aromatic nitrogens is 1. The molecule has 150 valence electrons. The van der Waals surface area contributed by atoms with Gasteiger partial charge in [-0.1, -0.05) is 13.0 Å². The minimum Gasteiger partial charge on any atom is -0.340 e. The standard InChI is InChI=1S/C21H35N5O/c1-3-24-13-15-25(16-14-24)18-21(27)26-11-6-8-20(17-26)23(2)12-9-19-7-4-5-10-22-19/h4-5,7,10,20H,3,6,8-9,11-18H2,1-2H3/t20-/m1/s1. The summed E-state index contributed by atoms with van der Waals surface area (Å²) in [7, 11) is 2.19. The van der Waals surface area contributed by atoms with Crippen LogP contribution in [0.4, 0.5) is 0 Å². The molecule has 6 nitrogen and oxygen atoms in total. The normalized spacial score (nSPS) is 22.3. The molecule has 0 saturated carbocycles. The Labute approximate surface area is 164 Å². The fourth-order valence-electron chi connectivity index (χ4n) is 4.12. The molecule has 2 aliphatic heterocycles. The van der Waals surface area contributed by atoms with E-state index < -0.39 is 0 Å². The number of amides is 1. The van der Waals surface area contributed by atoms with E-state index in [1.807, 2.05) is 18.3 Å². The molecule has 1 aromatic heterocycles. The first-order valence-electron chi connectivity index (χ1n) is 10.5. The molecule has 1 amide bonds. The fraction of sp³-hybridized carbons (Fsp3) is 0.714. The van der Waals surface area contributed by atoms with E-state index in [4.69, 9.17) is 0 Å². The maximum Gasteiger partial charge on any atom is 0.236 e. The summed E-state index contributed by atoms with van der Waals surface area (Å²) in [5.41, 5.74) is 1.14. The predicted molar refractivity (Wildman–Crippen MR) is 109 cm³/mol. The van der Waals surface area contributed by atoms with E-state index in [9.17, 15) is 4.79 Å². The highest BCUT2D eigenvalue weighted by atomic mass is 16.2. The zero-order valence-corrected chi connectivity index (χ0v) is 17.0. The molecule has 0 N–H and O–H groups in total. The summed E-state index contributed by atoms with van der Waals surface area (Å²) in [6, 6.07) is 6.55. The summed E-state index contributed by atoms with van der Waals surface area (Å²) in [5, 5.41) is 0. The molecule has 0 bridgehead atoms. The van der Waals surface area contributed by atoms with Gasteiger partial charge in [0.05, 0.1) is 6.54 Å². The lowest BCUT2D eigenvalue weighted by atomic mass is 10.0. The average molecular weight is 374 g/mol. The zero-order valence-electron chi connectivity index (χ0n) is 17.0. The Hall–Kier alpha value is -1.50. The number of likely N-dealkylation sites (tertiary alicyclic amines) is 1. The molecule has 0 unspecified atom stereocenters. The molecular formula is C21H35N5O. The average Bonchev–Trinajstić information content (AvgIpc) is 2.73. The Morgan fingerprint density at radius 3 is 2.67 bits per heavy atom. The number of hydrogen-bond acceptors (Lipinski definition) is 5. The Morgan fingerprint density at radius 1 is 1.19 bits per heavy atom. The third-order valence-electron chi connectivity index (χ3n) is 6.09. The van der Waals surface area contributed by atoms with Crippen molar-refractivity contribution in [3.8, 4) is 0 Å². The Bertz CT molecular complexity index is 573. The van der Waals surface area contributed by atoms with Crippen LogP contribution in [0.15, 0.2) is 24.4 Å². The van der Waals surface area contributed by atoms with Crippen LogP contribution in [-0.2, 0) is 11.2 Å². The Balaban J connectivity index is 1.43. The van der Waals surface area contributed by atoms with Crippen LogP contribution in [0.25, 0.3) is 0 Å². The number of nitrogens with zero attached hydrogens (tertiary/aromatic N) is 5. The topological polar surface area (TPSA) is 42.9 Å². The van der Waals surface area contributed by atoms with E-state index in [-0.39, 0.29) is 0 Å². The van der Waals surface area contributed by atoms with Gasteiger partial charge in [0.1, 0.15) is 0 Å². The molecule has 3 rings (SSSR count). The fourth-order valence-corrected chi connectivity index (χ4v) is 4.12. The quantitative estimate of drug-likeness (QED) is 0.718. The van der Waals surface area contributed by atoms with Gasteiger partial charge in [0.15, 0.2) is 0 Å². The summed E-state index contributed by atoms with van der Waals surface area (Å²) >= 11 is 0. The second-order valence-corrected chi connectivity index (χ2v) is 7.90. The number of carbonyl (C=O) groups is 1. The van der Waals surface area contributed by atoms with Crippen molar-refractivity contribution < 1.29 is 4.79 Å². The molecule has 1 atom stereocenters. The molecule has 3 heterocycles. The molecule has 0 radical (unpaired) electrons. The number of pyridine rings is 1. The van der Waals surface area contributed by atoms with Crippen molar-refractivity contribution in [2.45, 2.75) is 32.2 Å². The van der Waals surface area contributed by atoms with E-state index >= 15 is 0 Å². The number of piperidine rings is 1. The second kappa shape index (κ2) is 10.2. The van der Waals surface area contributed by atoms with Gasteiger partial charge in [-0.05, 0) is 38.6 Å². The van der Waals surface area contributed by atoms with E-state index in [0.717, 1.165) is 70.9 Å². The van der Waals surface area contributed by atoms with Crippen LogP contribution in [0.3, 0.4) is 0 Å². The van der Waals surface area contributed by atoms with Gasteiger partial charge in [0.2, 0.25) is 5.91 Å². The molecule has 0 spiro atoms. The first kappa shape index (κ1) is 20.2. The van der Waals surface area contributed by atoms with Crippen LogP contribution in [0.5, 0.6) is 0 Å². The third-order valence-corrected chi connectivity index (χ3v) is 6.09. The molecular weight excluding hydrogens is 338 g/mol. The number of rotatable bonds is 7. The number of piperazine rings is 1. The number of hydrogen-bond donors (Lipinski definition) is 0. The van der Waals surface area contributed by atoms with Gasteiger partial charge in [-0.3, -0.25) is 14.7 Å². The van der Waals surface area contributed by atoms with E-state index in [2.05, 4.69) is 44.6 Å². The Morgan fingerprint density at radius 2 is 1.96 bits per heavy atom. The first-order valence-corrected chi connectivity index (χ1v) is 10.5. The van der Waals surface area contributed by atoms with Crippen molar-refractivity contribution in [3.63, 3.8) is 0 Å². The van der Waals surface area contributed by atoms with Gasteiger partial charge in [-0.25, -0.2) is 0 Å². The molecule has 2 saturated heterocycles. The van der Waals surface area contributed by atoms with Crippen molar-refractivity contribution in [1.82, 2.24) is 24.6 Å². The number of likely N-dealkylation sites (N-methyl/N-ethyl adjacent to an activating group) is 2. The first-order chi connectivity index (χ1) is 13.2. The lowest BCUT2D eigenvalue weighted by molar-refractivity contribution is -0.134. The van der Waals surface area contributed by atoms with E-state index in [1.165, 1.54) is 6.42 Å². The van der Waals surface area contributed by atoms with Gasteiger partial charge in [0, 0.05) is 70.2 Å². The monoisotopic (exact) mass is 373 g/mol. The lowest BCUT2D eigenvalue weighted by Gasteiger charge is -2.39. The zero-order chi connectivity index (χ0) is 19.1. The molecule has 0 aromatic carbocycles. The largest absolute Gasteiger partial charge is 0.340 e. The summed E-state index contributed by atoms with van der Waals surface area (Å²) < 4.78 is 0. The van der Waals surface area contributed by atoms with Gasteiger partial charge < -0.3 is 14.7 Å². The minimum absolute atomic E-state index is 0.308. The van der Waals surface area contributed by atoms with Gasteiger partial charge in [0.25, 0.3) is 0 Å². The summed E-state index contributed by atoms with van der Waals surface area (Å²) in [6.45, 7) is 10.9. The minimum atomic E-state index is 0.308. The lowest BCUT2D eigenvalue weighted by Crippen LogP contribution is -2.53. The SMILES string of the molecule is CCN1CCN(CC(=O)N2CCC[C@@H](N(C)CCc3ccccn3)C2)CC1. The summed E-state index contributed by atoms with van der Waals surface area (Å²) in [6.07, 6.45) is 5.10. The molecule has 6 heteroatoms. The summed E-state index contributed by atoms with van der Waals surface area (Å²) in [4.78, 5) is 26.5. The van der Waals surface area contributed by atoms with Crippen LogP contribution in [0.2, 0.25) is 0 Å². The highest BCUT2D eigenvalue weighted by Crippen LogP contribution is 2.16. The maximum absolute atomic E-state index is 12.8. The van der Waals surface area contributed by atoms with Crippen LogP contribution in [0.1, 0.15) is 25.5 Å². The van der Waals surface area contributed by atoms with Crippen molar-refractivity contribution >= 4 is 5.91 Å². The van der Waals surface area contributed by atoms with Crippen molar-refractivity contribution in [3.05, 3.63) is 30.1 Å². The summed E-state index contributed by atoms with van der Waals surface area (Å²) in [5.74, 6) is 0.308. The van der Waals surface area contributed by atoms with Gasteiger partial charge in [-0.2, -0.15) is 0 Å². The van der Waals surface area contributed by atoms with Crippen molar-refractivity contribution in [2.24, 2.45) is 0 Å². The van der Waals surface area contributed by atoms with Gasteiger partial charge in [-0.15, -0.1) is 0 Å². The maximum atomic E-state index is 12.8. The molecule has 1 aromatic rings. The highest BCUT2D eigenvalue weighted by molar-refractivity contribution is 5.78. The molecule has 2 fully saturated rings. The second-order valence-electron chi connectivity index (χ2n) is 7.90. The van der Waals surface area contributed by atoms with Crippen molar-refractivity contribution in [2.75, 3.05) is 66.0 Å². The smallest absolute Gasteiger partial charge is 0.236 e. The third kappa shape index (κ3) is 5.99. The van der Waals surface area contributed by atoms with Crippen LogP contribution < -0.4 is 0 Å². The van der Waals surface area contributed by atoms with E-state index in [0.29, 0.717) is 18.5 Å². The number of carbonyl (C=O) groups excluding carboxylic acids is 1. The van der Waals surface area contributed by atoms with Gasteiger partial charge >= 0.3 is 0 Å². The molecule has 2 aliphatic rings. The van der Waals surface area contributed by atoms with Crippen LogP contribution in [-0.4, -0.2) is 102 Å². The van der Waals surface area contributed by atoms with Crippen LogP contribution >= 0.6 is 0 Å². The van der Waals surface area contributed by atoms with Crippen LogP contribution in [0, 0.1) is 0 Å². The highest BCUT2D eigenvalue weighted by Gasteiger charge is 2.27. The predicted octanol–water partition coefficient (Wildman–Crippen LogP) is 1.18. The van der Waals surface area contributed by atoms with Crippen molar-refractivity contribution in [1.29, 1.82) is 0 Å². The Kier molecular flexibility index (Phi) is 7.61.